The summed E-state index contributed by atoms with van der Waals surface area (Å²) < 4.78 is 10.2. The maximum atomic E-state index is 12.2. The number of benzene rings is 1. The summed E-state index contributed by atoms with van der Waals surface area (Å²) in [6.45, 7) is 2.45. The molecule has 0 aliphatic carbocycles. The number of aliphatic carboxylic acids is 1. The van der Waals surface area contributed by atoms with E-state index in [1.165, 1.54) is 70.6 Å². The van der Waals surface area contributed by atoms with Crippen molar-refractivity contribution in [2.45, 2.75) is 116 Å². The van der Waals surface area contributed by atoms with Gasteiger partial charge in [-0.1, -0.05) is 121 Å². The number of carbonyl (C=O) groups is 3. The predicted octanol–water partition coefficient (Wildman–Crippen LogP) is 5.45. The van der Waals surface area contributed by atoms with E-state index in [1.807, 2.05) is 18.2 Å². The first-order valence-electron chi connectivity index (χ1n) is 13.4. The van der Waals surface area contributed by atoms with Crippen molar-refractivity contribution in [3.05, 3.63) is 35.9 Å². The minimum atomic E-state index is -1.45. The van der Waals surface area contributed by atoms with Crippen LogP contribution in [0.25, 0.3) is 0 Å². The average Bonchev–Trinajstić information content (AvgIpc) is 2.85. The Morgan fingerprint density at radius 1 is 0.771 bits per heavy atom. The third kappa shape index (κ3) is 17.5. The molecule has 0 aliphatic heterocycles. The van der Waals surface area contributed by atoms with Crippen LogP contribution in [-0.2, 0) is 25.7 Å². The van der Waals surface area contributed by atoms with Crippen LogP contribution < -0.4 is 10.4 Å². The predicted molar refractivity (Wildman–Crippen MR) is 134 cm³/mol. The van der Waals surface area contributed by atoms with E-state index in [2.05, 4.69) is 12.2 Å². The topological polar surface area (TPSA) is 105 Å². The zero-order valence-electron chi connectivity index (χ0n) is 21.4. The van der Waals surface area contributed by atoms with E-state index in [1.54, 1.807) is 12.1 Å². The van der Waals surface area contributed by atoms with Gasteiger partial charge in [0.1, 0.15) is 12.6 Å². The highest BCUT2D eigenvalue weighted by molar-refractivity contribution is 5.85. The van der Waals surface area contributed by atoms with E-state index in [4.69, 9.17) is 9.47 Å². The first-order chi connectivity index (χ1) is 17.0. The van der Waals surface area contributed by atoms with Gasteiger partial charge in [0.25, 0.3) is 0 Å². The lowest BCUT2D eigenvalue weighted by Crippen LogP contribution is -2.45. The van der Waals surface area contributed by atoms with Gasteiger partial charge < -0.3 is 24.7 Å². The van der Waals surface area contributed by atoms with E-state index in [0.717, 1.165) is 18.4 Å². The molecule has 0 saturated heterocycles. The van der Waals surface area contributed by atoms with Crippen molar-refractivity contribution in [1.29, 1.82) is 0 Å². The molecule has 1 N–H and O–H groups in total. The van der Waals surface area contributed by atoms with Gasteiger partial charge in [0.2, 0.25) is 0 Å². The third-order valence-electron chi connectivity index (χ3n) is 5.90. The Labute approximate surface area is 211 Å². The molecule has 1 atom stereocenters. The summed E-state index contributed by atoms with van der Waals surface area (Å²) in [4.78, 5) is 35.2. The Bertz CT molecular complexity index is 694. The Hall–Kier alpha value is -2.57. The fourth-order valence-corrected chi connectivity index (χ4v) is 3.84. The zero-order chi connectivity index (χ0) is 25.6. The summed E-state index contributed by atoms with van der Waals surface area (Å²) in [6, 6.07) is 7.70. The first kappa shape index (κ1) is 30.5. The number of ether oxygens (including phenoxy) is 2. The van der Waals surface area contributed by atoms with Gasteiger partial charge in [-0.3, -0.25) is 0 Å². The molecule has 0 spiro atoms. The number of amides is 1. The molecule has 7 nitrogen and oxygen atoms in total. The number of esters is 1. The van der Waals surface area contributed by atoms with E-state index < -0.39 is 30.5 Å². The highest BCUT2D eigenvalue weighted by Crippen LogP contribution is 2.13. The van der Waals surface area contributed by atoms with Gasteiger partial charge in [-0.2, -0.15) is 0 Å². The van der Waals surface area contributed by atoms with Gasteiger partial charge >= 0.3 is 12.1 Å². The lowest BCUT2D eigenvalue weighted by atomic mass is 10.0. The highest BCUT2D eigenvalue weighted by atomic mass is 16.6. The standard InChI is InChI=1S/C28H45NO6/c1-2-3-4-5-6-7-8-9-10-11-12-13-14-18-21-34-27(32)25(22-26(30)31)29-28(33)35-23-24-19-16-15-17-20-24/h15-17,19-20,25H,2-14,18,21-23H2,1H3,(H,29,33)(H,30,31)/p-1/t25-/m0/s1. The molecular weight excluding hydrogens is 446 g/mol. The van der Waals surface area contributed by atoms with Crippen LogP contribution in [0.2, 0.25) is 0 Å². The molecule has 0 bridgehead atoms. The molecule has 0 aliphatic rings. The summed E-state index contributed by atoms with van der Waals surface area (Å²) in [5.74, 6) is -2.24. The van der Waals surface area contributed by atoms with Gasteiger partial charge in [0.05, 0.1) is 6.61 Å². The van der Waals surface area contributed by atoms with Crippen molar-refractivity contribution in [1.82, 2.24) is 5.32 Å². The molecule has 0 radical (unpaired) electrons. The Morgan fingerprint density at radius 3 is 1.80 bits per heavy atom. The van der Waals surface area contributed by atoms with Gasteiger partial charge in [0, 0.05) is 12.4 Å². The molecular formula is C28H44NO6-. The van der Waals surface area contributed by atoms with Crippen LogP contribution >= 0.6 is 0 Å². The molecule has 1 amide bonds. The molecule has 1 aromatic rings. The molecule has 1 aromatic carbocycles. The number of carbonyl (C=O) groups excluding carboxylic acids is 3. The van der Waals surface area contributed by atoms with Crippen molar-refractivity contribution in [3.63, 3.8) is 0 Å². The molecule has 0 heterocycles. The number of rotatable bonds is 21. The fourth-order valence-electron chi connectivity index (χ4n) is 3.84. The van der Waals surface area contributed by atoms with Crippen LogP contribution in [0, 0.1) is 0 Å². The first-order valence-corrected chi connectivity index (χ1v) is 13.4. The number of carboxylic acid groups (broad SMARTS) is 1. The van der Waals surface area contributed by atoms with E-state index in [0.29, 0.717) is 6.42 Å². The van der Waals surface area contributed by atoms with Crippen LogP contribution in [-0.4, -0.2) is 30.7 Å². The molecule has 35 heavy (non-hydrogen) atoms. The SMILES string of the molecule is CCCCCCCCCCCCCCCCOC(=O)[C@H](CC(=O)[O-])NC(=O)OCc1ccccc1. The number of nitrogens with one attached hydrogen (secondary N) is 1. The Balaban J connectivity index is 2.08. The summed E-state index contributed by atoms with van der Waals surface area (Å²) >= 11 is 0. The molecule has 1 rings (SSSR count). The second kappa shape index (κ2) is 20.8. The van der Waals surface area contributed by atoms with Crippen LogP contribution in [0.1, 0.15) is 109 Å². The molecule has 7 heteroatoms. The second-order valence-electron chi connectivity index (χ2n) is 9.10. The highest BCUT2D eigenvalue weighted by Gasteiger charge is 2.23. The van der Waals surface area contributed by atoms with Gasteiger partial charge in [0.15, 0.2) is 0 Å². The van der Waals surface area contributed by atoms with Gasteiger partial charge in [-0.15, -0.1) is 0 Å². The molecule has 0 fully saturated rings. The largest absolute Gasteiger partial charge is 0.550 e. The summed E-state index contributed by atoms with van der Waals surface area (Å²) in [7, 11) is 0. The Kier molecular flexibility index (Phi) is 18.1. The maximum absolute atomic E-state index is 12.2. The summed E-state index contributed by atoms with van der Waals surface area (Å²) in [5, 5.41) is 13.2. The van der Waals surface area contributed by atoms with Crippen molar-refractivity contribution >= 4 is 18.0 Å². The van der Waals surface area contributed by atoms with Crippen LogP contribution in [0.4, 0.5) is 4.79 Å². The average molecular weight is 491 g/mol. The van der Waals surface area contributed by atoms with Crippen molar-refractivity contribution < 1.29 is 29.0 Å². The third-order valence-corrected chi connectivity index (χ3v) is 5.90. The Morgan fingerprint density at radius 2 is 1.29 bits per heavy atom. The molecule has 0 aromatic heterocycles. The number of hydrogen-bond acceptors (Lipinski definition) is 6. The zero-order valence-corrected chi connectivity index (χ0v) is 21.4. The van der Waals surface area contributed by atoms with Gasteiger partial charge in [-0.05, 0) is 12.0 Å². The van der Waals surface area contributed by atoms with Crippen LogP contribution in [0.3, 0.4) is 0 Å². The van der Waals surface area contributed by atoms with Crippen molar-refractivity contribution in [2.24, 2.45) is 0 Å². The van der Waals surface area contributed by atoms with Crippen molar-refractivity contribution in [2.75, 3.05) is 6.61 Å². The smallest absolute Gasteiger partial charge is 0.408 e. The fraction of sp³-hybridized carbons (Fsp3) is 0.679. The number of unbranched alkanes of at least 4 members (excludes halogenated alkanes) is 13. The molecule has 0 unspecified atom stereocenters. The summed E-state index contributed by atoms with van der Waals surface area (Å²) in [6.07, 6.45) is 15.7. The quantitative estimate of drug-likeness (QED) is 0.182. The van der Waals surface area contributed by atoms with Crippen LogP contribution in [0.5, 0.6) is 0 Å². The lowest BCUT2D eigenvalue weighted by molar-refractivity contribution is -0.306. The summed E-state index contributed by atoms with van der Waals surface area (Å²) in [5.41, 5.74) is 0.777. The number of alkyl carbamates (subject to hydrolysis) is 1. The number of hydrogen-bond donors (Lipinski definition) is 1. The van der Waals surface area contributed by atoms with E-state index in [9.17, 15) is 19.5 Å². The maximum Gasteiger partial charge on any atom is 0.408 e. The monoisotopic (exact) mass is 490 g/mol. The minimum Gasteiger partial charge on any atom is -0.550 e. The minimum absolute atomic E-state index is 0.0127. The van der Waals surface area contributed by atoms with Gasteiger partial charge in [-0.25, -0.2) is 9.59 Å². The van der Waals surface area contributed by atoms with E-state index in [-0.39, 0.29) is 13.2 Å². The lowest BCUT2D eigenvalue weighted by Gasteiger charge is -2.18. The van der Waals surface area contributed by atoms with E-state index >= 15 is 0 Å². The molecule has 0 saturated carbocycles. The second-order valence-corrected chi connectivity index (χ2v) is 9.10. The van der Waals surface area contributed by atoms with Crippen LogP contribution in [0.15, 0.2) is 30.3 Å². The number of carboxylic acids is 1. The van der Waals surface area contributed by atoms with Crippen molar-refractivity contribution in [3.8, 4) is 0 Å². The molecule has 198 valence electrons. The normalized spacial score (nSPS) is 11.6.